The fraction of sp³-hybridized carbons (Fsp3) is 0.500. The highest BCUT2D eigenvalue weighted by atomic mass is 32.2. The molecule has 24 heavy (non-hydrogen) atoms. The predicted octanol–water partition coefficient (Wildman–Crippen LogP) is 3.74. The number of aliphatic imine (C=N–C) groups is 1. The van der Waals surface area contributed by atoms with E-state index < -0.39 is 18.0 Å². The zero-order valence-electron chi connectivity index (χ0n) is 14.0. The van der Waals surface area contributed by atoms with Gasteiger partial charge in [0.2, 0.25) is 0 Å². The number of carbonyl (C=O) groups excluding carboxylic acids is 2. The summed E-state index contributed by atoms with van der Waals surface area (Å²) in [5.74, 6) is -0.856. The molecule has 1 aromatic carbocycles. The number of nitrogens with one attached hydrogen (secondary N) is 1. The molecule has 1 N–H and O–H groups in total. The van der Waals surface area contributed by atoms with E-state index in [9.17, 15) is 9.59 Å². The Hall–Kier alpha value is -1.82. The van der Waals surface area contributed by atoms with Gasteiger partial charge >= 0.3 is 12.0 Å². The second-order valence-electron chi connectivity index (χ2n) is 6.27. The molecule has 2 aliphatic rings. The van der Waals surface area contributed by atoms with Crippen LogP contribution in [0.2, 0.25) is 0 Å². The monoisotopic (exact) mass is 346 g/mol. The Morgan fingerprint density at radius 1 is 1.25 bits per heavy atom. The largest absolute Gasteiger partial charge is 0.462 e. The quantitative estimate of drug-likeness (QED) is 0.666. The number of ether oxygens (including phenoxy) is 1. The molecule has 3 rings (SSSR count). The first-order chi connectivity index (χ1) is 11.6. The lowest BCUT2D eigenvalue weighted by molar-refractivity contribution is -0.152. The lowest BCUT2D eigenvalue weighted by Crippen LogP contribution is -2.44. The van der Waals surface area contributed by atoms with E-state index in [0.717, 1.165) is 36.1 Å². The number of amides is 2. The van der Waals surface area contributed by atoms with Gasteiger partial charge in [0.15, 0.2) is 0 Å². The van der Waals surface area contributed by atoms with E-state index in [2.05, 4.69) is 10.3 Å². The van der Waals surface area contributed by atoms with E-state index in [0.29, 0.717) is 5.71 Å². The third-order valence-electron chi connectivity index (χ3n) is 4.65. The molecular weight excluding hydrogens is 324 g/mol. The minimum Gasteiger partial charge on any atom is -0.462 e. The van der Waals surface area contributed by atoms with Crippen LogP contribution in [0, 0.1) is 5.92 Å². The Morgan fingerprint density at radius 2 is 1.92 bits per heavy atom. The van der Waals surface area contributed by atoms with Crippen LogP contribution in [-0.4, -0.2) is 30.1 Å². The first-order valence-corrected chi connectivity index (χ1v) is 9.51. The molecule has 1 fully saturated rings. The van der Waals surface area contributed by atoms with Gasteiger partial charge < -0.3 is 10.1 Å². The summed E-state index contributed by atoms with van der Waals surface area (Å²) in [6, 6.07) is 7.05. The molecule has 2 amide bonds. The van der Waals surface area contributed by atoms with E-state index in [1.165, 1.54) is 0 Å². The standard InChI is InChI=1S/C18H22N2O3S/c1-11-15(17(21)23-13-5-3-4-6-13)16(20-18(22)19-11)12-7-9-14(24-2)10-8-12/h7-10,13,15-16H,3-6H2,1-2H3,(H,20,22). The topological polar surface area (TPSA) is 67.8 Å². The molecule has 0 spiro atoms. The Morgan fingerprint density at radius 3 is 2.54 bits per heavy atom. The smallest absolute Gasteiger partial charge is 0.341 e. The highest BCUT2D eigenvalue weighted by Crippen LogP contribution is 2.31. The third kappa shape index (κ3) is 3.64. The fourth-order valence-electron chi connectivity index (χ4n) is 3.36. The van der Waals surface area contributed by atoms with Crippen molar-refractivity contribution < 1.29 is 14.3 Å². The first-order valence-electron chi connectivity index (χ1n) is 8.28. The summed E-state index contributed by atoms with van der Waals surface area (Å²) in [6.45, 7) is 1.72. The average molecular weight is 346 g/mol. The summed E-state index contributed by atoms with van der Waals surface area (Å²) < 4.78 is 5.68. The maximum absolute atomic E-state index is 12.7. The van der Waals surface area contributed by atoms with Crippen molar-refractivity contribution in [1.29, 1.82) is 0 Å². The summed E-state index contributed by atoms with van der Waals surface area (Å²) in [5.41, 5.74) is 1.41. The summed E-state index contributed by atoms with van der Waals surface area (Å²) in [7, 11) is 0. The summed E-state index contributed by atoms with van der Waals surface area (Å²) in [5, 5.41) is 2.82. The summed E-state index contributed by atoms with van der Waals surface area (Å²) in [4.78, 5) is 29.6. The molecule has 1 heterocycles. The minimum absolute atomic E-state index is 0.00226. The SMILES string of the molecule is CSc1ccc(C2NC(=O)N=C(C)C2C(=O)OC2CCCC2)cc1. The van der Waals surface area contributed by atoms with Crippen LogP contribution in [-0.2, 0) is 9.53 Å². The number of thioether (sulfide) groups is 1. The Balaban J connectivity index is 1.84. The normalized spacial score (nSPS) is 24.4. The Labute approximate surface area is 146 Å². The lowest BCUT2D eigenvalue weighted by atomic mass is 9.88. The molecule has 6 heteroatoms. The molecule has 128 valence electrons. The molecule has 1 aliphatic carbocycles. The van der Waals surface area contributed by atoms with E-state index in [1.807, 2.05) is 30.5 Å². The van der Waals surface area contributed by atoms with Crippen molar-refractivity contribution in [2.75, 3.05) is 6.26 Å². The number of hydrogen-bond acceptors (Lipinski definition) is 4. The number of nitrogens with zero attached hydrogens (tertiary/aromatic N) is 1. The van der Waals surface area contributed by atoms with Gasteiger partial charge in [-0.2, -0.15) is 0 Å². The Kier molecular flexibility index (Phi) is 5.23. The molecule has 0 saturated heterocycles. The van der Waals surface area contributed by atoms with Crippen LogP contribution in [0.3, 0.4) is 0 Å². The van der Waals surface area contributed by atoms with E-state index in [-0.39, 0.29) is 12.1 Å². The van der Waals surface area contributed by atoms with Crippen LogP contribution in [0.25, 0.3) is 0 Å². The van der Waals surface area contributed by atoms with E-state index >= 15 is 0 Å². The van der Waals surface area contributed by atoms with Gasteiger partial charge in [0.25, 0.3) is 0 Å². The van der Waals surface area contributed by atoms with Crippen molar-refractivity contribution in [1.82, 2.24) is 5.32 Å². The molecule has 1 aliphatic heterocycles. The van der Waals surface area contributed by atoms with Crippen LogP contribution in [0.1, 0.15) is 44.2 Å². The number of esters is 1. The molecule has 0 bridgehead atoms. The van der Waals surface area contributed by atoms with Crippen LogP contribution in [0.4, 0.5) is 4.79 Å². The number of hydrogen-bond donors (Lipinski definition) is 1. The number of carbonyl (C=O) groups is 2. The predicted molar refractivity (Wildman–Crippen MR) is 94.4 cm³/mol. The summed E-state index contributed by atoms with van der Waals surface area (Å²) >= 11 is 1.65. The van der Waals surface area contributed by atoms with Crippen LogP contribution in [0.5, 0.6) is 0 Å². The maximum Gasteiger partial charge on any atom is 0.341 e. The van der Waals surface area contributed by atoms with Gasteiger partial charge in [0.1, 0.15) is 12.0 Å². The second kappa shape index (κ2) is 7.38. The molecule has 1 saturated carbocycles. The maximum atomic E-state index is 12.7. The van der Waals surface area contributed by atoms with Crippen molar-refractivity contribution >= 4 is 29.5 Å². The van der Waals surface area contributed by atoms with Crippen molar-refractivity contribution in [2.24, 2.45) is 10.9 Å². The van der Waals surface area contributed by atoms with Crippen LogP contribution < -0.4 is 5.32 Å². The molecule has 2 unspecified atom stereocenters. The highest BCUT2D eigenvalue weighted by Gasteiger charge is 2.39. The Bertz CT molecular complexity index is 651. The molecular formula is C18H22N2O3S. The molecule has 5 nitrogen and oxygen atoms in total. The van der Waals surface area contributed by atoms with Gasteiger partial charge in [0.05, 0.1) is 6.04 Å². The van der Waals surface area contributed by atoms with E-state index in [1.54, 1.807) is 18.7 Å². The molecule has 0 aromatic heterocycles. The van der Waals surface area contributed by atoms with Crippen molar-refractivity contribution in [2.45, 2.75) is 49.6 Å². The van der Waals surface area contributed by atoms with Crippen LogP contribution in [0.15, 0.2) is 34.2 Å². The number of urea groups is 1. The van der Waals surface area contributed by atoms with Gasteiger partial charge in [-0.05, 0) is 56.6 Å². The molecule has 1 aromatic rings. The zero-order chi connectivity index (χ0) is 17.1. The van der Waals surface area contributed by atoms with Gasteiger partial charge in [-0.25, -0.2) is 9.79 Å². The van der Waals surface area contributed by atoms with E-state index in [4.69, 9.17) is 4.74 Å². The van der Waals surface area contributed by atoms with Gasteiger partial charge in [-0.15, -0.1) is 11.8 Å². The first kappa shape index (κ1) is 17.0. The van der Waals surface area contributed by atoms with Crippen molar-refractivity contribution in [3.05, 3.63) is 29.8 Å². The summed E-state index contributed by atoms with van der Waals surface area (Å²) in [6.07, 6.45) is 6.07. The number of rotatable bonds is 4. The molecule has 2 atom stereocenters. The zero-order valence-corrected chi connectivity index (χ0v) is 14.8. The van der Waals surface area contributed by atoms with Gasteiger partial charge in [-0.1, -0.05) is 12.1 Å². The third-order valence-corrected chi connectivity index (χ3v) is 5.40. The lowest BCUT2D eigenvalue weighted by Gasteiger charge is -2.30. The molecule has 0 radical (unpaired) electrons. The van der Waals surface area contributed by atoms with Crippen molar-refractivity contribution in [3.8, 4) is 0 Å². The minimum atomic E-state index is -0.566. The van der Waals surface area contributed by atoms with Crippen molar-refractivity contribution in [3.63, 3.8) is 0 Å². The fourth-order valence-corrected chi connectivity index (χ4v) is 3.77. The average Bonchev–Trinajstić information content (AvgIpc) is 3.07. The number of benzene rings is 1. The van der Waals surface area contributed by atoms with Gasteiger partial charge in [-0.3, -0.25) is 4.79 Å². The van der Waals surface area contributed by atoms with Crippen LogP contribution >= 0.6 is 11.8 Å². The van der Waals surface area contributed by atoms with Gasteiger partial charge in [0, 0.05) is 10.6 Å². The highest BCUT2D eigenvalue weighted by molar-refractivity contribution is 7.98. The second-order valence-corrected chi connectivity index (χ2v) is 7.15.